The lowest BCUT2D eigenvalue weighted by atomic mass is 9.91. The van der Waals surface area contributed by atoms with Crippen molar-refractivity contribution in [2.24, 2.45) is 0 Å². The third-order valence-electron chi connectivity index (χ3n) is 5.17. The summed E-state index contributed by atoms with van der Waals surface area (Å²) in [5, 5.41) is 14.3. The van der Waals surface area contributed by atoms with Gasteiger partial charge in [-0.3, -0.25) is 9.69 Å². The summed E-state index contributed by atoms with van der Waals surface area (Å²) < 4.78 is 5.75. The van der Waals surface area contributed by atoms with Crippen LogP contribution in [-0.2, 0) is 23.5 Å². The third-order valence-corrected chi connectivity index (χ3v) is 6.04. The van der Waals surface area contributed by atoms with Gasteiger partial charge in [-0.25, -0.2) is 9.78 Å². The Labute approximate surface area is 183 Å². The topological polar surface area (TPSA) is 95.3 Å². The number of aryl methyl sites for hydroxylation is 1. The van der Waals surface area contributed by atoms with Gasteiger partial charge in [0.05, 0.1) is 23.9 Å². The van der Waals surface area contributed by atoms with E-state index in [1.54, 1.807) is 31.2 Å². The van der Waals surface area contributed by atoms with Crippen molar-refractivity contribution in [1.29, 1.82) is 5.26 Å². The molecule has 8 heteroatoms. The molecule has 3 amide bonds. The lowest BCUT2D eigenvalue weighted by Crippen LogP contribution is -2.40. The average molecular weight is 433 g/mol. The molecule has 1 N–H and O–H groups in total. The lowest BCUT2D eigenvalue weighted by molar-refractivity contribution is -0.131. The third kappa shape index (κ3) is 4.13. The minimum Gasteiger partial charge on any atom is -0.486 e. The van der Waals surface area contributed by atoms with Crippen molar-refractivity contribution in [2.45, 2.75) is 32.5 Å². The number of thiazole rings is 1. The van der Waals surface area contributed by atoms with E-state index in [2.05, 4.69) is 10.3 Å². The van der Waals surface area contributed by atoms with Crippen molar-refractivity contribution in [2.75, 3.05) is 0 Å². The highest BCUT2D eigenvalue weighted by Gasteiger charge is 2.49. The summed E-state index contributed by atoms with van der Waals surface area (Å²) in [7, 11) is 0. The van der Waals surface area contributed by atoms with Crippen molar-refractivity contribution in [3.05, 3.63) is 81.3 Å². The zero-order valence-corrected chi connectivity index (χ0v) is 17.9. The second-order valence-electron chi connectivity index (χ2n) is 7.47. The Bertz CT molecular complexity index is 1160. The first-order valence-electron chi connectivity index (χ1n) is 9.66. The lowest BCUT2D eigenvalue weighted by Gasteiger charge is -2.22. The molecule has 2 heterocycles. The van der Waals surface area contributed by atoms with Crippen LogP contribution in [0.3, 0.4) is 0 Å². The smallest absolute Gasteiger partial charge is 0.325 e. The summed E-state index contributed by atoms with van der Waals surface area (Å²) >= 11 is 1.42. The second kappa shape index (κ2) is 8.20. The number of imide groups is 1. The monoisotopic (exact) mass is 432 g/mol. The van der Waals surface area contributed by atoms with Gasteiger partial charge in [0, 0.05) is 5.38 Å². The molecule has 1 atom stereocenters. The molecule has 0 spiro atoms. The van der Waals surface area contributed by atoms with Crippen molar-refractivity contribution in [3.63, 3.8) is 0 Å². The van der Waals surface area contributed by atoms with Crippen LogP contribution in [-0.4, -0.2) is 21.8 Å². The fraction of sp³-hybridized carbons (Fsp3) is 0.217. The molecule has 31 heavy (non-hydrogen) atoms. The number of urea groups is 1. The zero-order valence-electron chi connectivity index (χ0n) is 17.1. The van der Waals surface area contributed by atoms with Crippen LogP contribution in [0.25, 0.3) is 0 Å². The quantitative estimate of drug-likeness (QED) is 0.597. The molecule has 156 valence electrons. The van der Waals surface area contributed by atoms with Gasteiger partial charge >= 0.3 is 6.03 Å². The summed E-state index contributed by atoms with van der Waals surface area (Å²) in [5.41, 5.74) is 1.71. The van der Waals surface area contributed by atoms with Gasteiger partial charge in [-0.2, -0.15) is 5.26 Å². The molecule has 1 aliphatic rings. The van der Waals surface area contributed by atoms with E-state index in [1.165, 1.54) is 11.3 Å². The van der Waals surface area contributed by atoms with Gasteiger partial charge in [-0.15, -0.1) is 11.3 Å². The molecule has 2 aromatic carbocycles. The van der Waals surface area contributed by atoms with E-state index < -0.39 is 11.6 Å². The van der Waals surface area contributed by atoms with Gasteiger partial charge in [0.2, 0.25) is 0 Å². The summed E-state index contributed by atoms with van der Waals surface area (Å²) in [6, 6.07) is 16.0. The van der Waals surface area contributed by atoms with E-state index >= 15 is 0 Å². The first-order chi connectivity index (χ1) is 14.9. The Morgan fingerprint density at radius 3 is 2.55 bits per heavy atom. The Kier molecular flexibility index (Phi) is 5.44. The number of hydrogen-bond acceptors (Lipinski definition) is 6. The largest absolute Gasteiger partial charge is 0.486 e. The van der Waals surface area contributed by atoms with Gasteiger partial charge < -0.3 is 10.1 Å². The second-order valence-corrected chi connectivity index (χ2v) is 8.41. The van der Waals surface area contributed by atoms with Crippen LogP contribution in [0.2, 0.25) is 0 Å². The standard InChI is InChI=1S/C23H20N4O3S/c1-15-3-9-19(10-4-15)30-13-20-25-18(14-31-20)12-27-21(28)23(2,26-22(27)29)17-7-5-16(11-24)6-8-17/h3-10,14H,12-13H2,1-2H3,(H,26,29). The number of carbonyl (C=O) groups excluding carboxylic acids is 2. The highest BCUT2D eigenvalue weighted by molar-refractivity contribution is 7.09. The summed E-state index contributed by atoms with van der Waals surface area (Å²) in [6.07, 6.45) is 0. The highest BCUT2D eigenvalue weighted by Crippen LogP contribution is 2.30. The van der Waals surface area contributed by atoms with Gasteiger partial charge in [0.1, 0.15) is 22.9 Å². The normalized spacial score (nSPS) is 18.0. The van der Waals surface area contributed by atoms with Gasteiger partial charge in [0.15, 0.2) is 0 Å². The number of rotatable bonds is 6. The number of hydrogen-bond donors (Lipinski definition) is 1. The van der Waals surface area contributed by atoms with E-state index in [1.807, 2.05) is 42.6 Å². The van der Waals surface area contributed by atoms with Gasteiger partial charge in [-0.1, -0.05) is 29.8 Å². The molecule has 3 aromatic rings. The number of ether oxygens (including phenoxy) is 1. The van der Waals surface area contributed by atoms with E-state index in [9.17, 15) is 9.59 Å². The van der Waals surface area contributed by atoms with Gasteiger partial charge in [0.25, 0.3) is 5.91 Å². The van der Waals surface area contributed by atoms with Crippen LogP contribution >= 0.6 is 11.3 Å². The minimum absolute atomic E-state index is 0.0809. The van der Waals surface area contributed by atoms with Crippen molar-refractivity contribution >= 4 is 23.3 Å². The minimum atomic E-state index is -1.18. The van der Waals surface area contributed by atoms with Crippen LogP contribution in [0.15, 0.2) is 53.9 Å². The number of nitriles is 1. The highest BCUT2D eigenvalue weighted by atomic mass is 32.1. The molecule has 0 radical (unpaired) electrons. The number of nitrogens with one attached hydrogen (secondary N) is 1. The summed E-state index contributed by atoms with van der Waals surface area (Å²) in [6.45, 7) is 4.07. The maximum atomic E-state index is 13.1. The average Bonchev–Trinajstić information content (AvgIpc) is 3.32. The molecule has 1 unspecified atom stereocenters. The number of carbonyl (C=O) groups is 2. The fourth-order valence-corrected chi connectivity index (χ4v) is 4.04. The van der Waals surface area contributed by atoms with E-state index in [0.29, 0.717) is 23.4 Å². The van der Waals surface area contributed by atoms with Crippen LogP contribution in [0.5, 0.6) is 5.75 Å². The molecule has 7 nitrogen and oxygen atoms in total. The molecule has 1 aliphatic heterocycles. The predicted octanol–water partition coefficient (Wildman–Crippen LogP) is 3.87. The van der Waals surface area contributed by atoms with Crippen LogP contribution in [0.1, 0.15) is 34.3 Å². The number of benzene rings is 2. The Morgan fingerprint density at radius 1 is 1.16 bits per heavy atom. The molecule has 1 fully saturated rings. The Hall–Kier alpha value is -3.70. The fourth-order valence-electron chi connectivity index (χ4n) is 3.34. The molecule has 4 rings (SSSR count). The molecule has 1 saturated heterocycles. The number of aromatic nitrogens is 1. The SMILES string of the molecule is Cc1ccc(OCc2nc(CN3C(=O)NC(C)(c4ccc(C#N)cc4)C3=O)cs2)cc1. The van der Waals surface area contributed by atoms with E-state index in [-0.39, 0.29) is 12.5 Å². The van der Waals surface area contributed by atoms with Crippen LogP contribution in [0, 0.1) is 18.3 Å². The maximum absolute atomic E-state index is 13.1. The molecule has 0 saturated carbocycles. The van der Waals surface area contributed by atoms with Crippen molar-refractivity contribution in [1.82, 2.24) is 15.2 Å². The molecular formula is C23H20N4O3S. The Morgan fingerprint density at radius 2 is 1.87 bits per heavy atom. The maximum Gasteiger partial charge on any atom is 0.325 e. The van der Waals surface area contributed by atoms with Crippen LogP contribution in [0.4, 0.5) is 4.79 Å². The number of nitrogens with zero attached hydrogens (tertiary/aromatic N) is 3. The van der Waals surface area contributed by atoms with Crippen molar-refractivity contribution in [3.8, 4) is 11.8 Å². The van der Waals surface area contributed by atoms with Gasteiger partial charge in [-0.05, 0) is 43.7 Å². The first-order valence-corrected chi connectivity index (χ1v) is 10.5. The first kappa shape index (κ1) is 20.6. The summed E-state index contributed by atoms with van der Waals surface area (Å²) in [4.78, 5) is 31.3. The van der Waals surface area contributed by atoms with E-state index in [0.717, 1.165) is 21.2 Å². The number of amides is 3. The van der Waals surface area contributed by atoms with E-state index in [4.69, 9.17) is 10.00 Å². The summed E-state index contributed by atoms with van der Waals surface area (Å²) in [5.74, 6) is 0.405. The molecule has 0 bridgehead atoms. The molecule has 1 aromatic heterocycles. The molecular weight excluding hydrogens is 412 g/mol. The Balaban J connectivity index is 1.43. The molecule has 0 aliphatic carbocycles. The zero-order chi connectivity index (χ0) is 22.0. The van der Waals surface area contributed by atoms with Crippen LogP contribution < -0.4 is 10.1 Å². The predicted molar refractivity (Wildman–Crippen MR) is 115 cm³/mol. The van der Waals surface area contributed by atoms with Crippen molar-refractivity contribution < 1.29 is 14.3 Å².